The van der Waals surface area contributed by atoms with E-state index in [2.05, 4.69) is 520 Å². The minimum absolute atomic E-state index is 0. The Morgan fingerprint density at radius 2 is 0.537 bits per heavy atom. The Morgan fingerprint density at radius 1 is 0.268 bits per heavy atom. The summed E-state index contributed by atoms with van der Waals surface area (Å²) in [6.45, 7) is 55.4. The first-order valence-electron chi connectivity index (χ1n) is 53.7. The summed E-state index contributed by atoms with van der Waals surface area (Å²) in [6, 6.07) is 117. The van der Waals surface area contributed by atoms with Crippen LogP contribution < -0.4 is 45.6 Å². The van der Waals surface area contributed by atoms with Crippen LogP contribution in [-0.2, 0) is 21.1 Å². The van der Waals surface area contributed by atoms with E-state index in [1.165, 1.54) is 185 Å². The molecule has 785 valence electrons. The Hall–Kier alpha value is -8.38. The summed E-state index contributed by atoms with van der Waals surface area (Å²) in [6.07, 6.45) is 14.6. The maximum absolute atomic E-state index is 8.25. The van der Waals surface area contributed by atoms with Crippen LogP contribution in [0.25, 0.3) is 56.3 Å². The smallest absolute Gasteiger partial charge is 0.537 e. The first-order valence-corrected chi connectivity index (χ1v) is 73.4. The molecule has 0 spiro atoms. The van der Waals surface area contributed by atoms with Gasteiger partial charge in [0, 0.05) is 90.5 Å². The van der Waals surface area contributed by atoms with Gasteiger partial charge in [-0.3, -0.25) is 15.0 Å². The standard InChI is InChI=1S/C43H55N3Si2.C43H53N3Si2.C17H22BrNSi.C11H18BrNSi.C6H5BBrO2.C5H3Br2N.Pt/c2*1-10-47(11-2,12-3)39-22-24-41(44-30-39)35-18-16-20-37(28-35)46(43-33(8)26-32(7)27-34(43)9)38-21-17-19-36(29-38)42-25-23-40(31-45-42)48(13-4,14-5)15-6;1-4-20(5-2,6-3)16-10-11-17(19-13-16)14-8-7-9-15(18)12-14;1-4-14(5-2,6-3)10-7-8-11(12)13-9-10;8-5-2-1-3-6(4-5)10-7-9;6-4-1-2-5(7)8-3-4;/h16-31H,10-15H2,1-9H3;16-27,30-31H,10-15H2,1-9H3;7-13H,4-6H2,1-3H3;7-9H,4-6H2,1-3H3;1-4,9H;1-3H;/q;-2;;;;;+2. The molecule has 7 heterocycles. The number of aromatic nitrogens is 7. The van der Waals surface area contributed by atoms with Crippen molar-refractivity contribution in [3.05, 3.63) is 354 Å². The second-order valence-corrected chi connectivity index (χ2v) is 75.2. The van der Waals surface area contributed by atoms with Crippen LogP contribution in [0.5, 0.6) is 5.75 Å². The van der Waals surface area contributed by atoms with Gasteiger partial charge in [0.15, 0.2) is 0 Å². The average Bonchev–Trinajstić information content (AvgIpc) is 0.770. The SMILES string of the molecule is Brc1ccc(Br)nc1.CC[Si](CC)(CC)c1ccc(-c2[c-]c(N(c3[c-]c(-c4ccc([Si](CC)(CC)CC)cn4)ccc3)c3c(C)cc(C)cc3C)ccc2)nc1.CC[Si](CC)(CC)c1ccc(-c2cccc(Br)c2)nc1.CC[Si](CC)(CC)c1ccc(-c2cccc(N(c3cccc(-c4ccc([Si](CC)(CC)CC)cn4)c3)c3c(C)cc(C)cc3C)c2)nc1.CC[Si](CC)(CC)c1ccc(Br)nc1.O[B]Oc1cccc(Br)c1.[Pt+2]. The molecule has 1 radical (unpaired) electrons. The summed E-state index contributed by atoms with van der Waals surface area (Å²) in [7, 11) is -7.79. The van der Waals surface area contributed by atoms with Crippen LogP contribution in [-0.4, -0.2) is 96.0 Å². The first-order chi connectivity index (χ1) is 71.3. The molecular formula is C125H156BBr5N9O2PtSi6. The largest absolute Gasteiger partial charge is 2.00 e. The van der Waals surface area contributed by atoms with E-state index in [1.807, 2.05) is 30.3 Å². The third kappa shape index (κ3) is 31.3. The van der Waals surface area contributed by atoms with Crippen LogP contribution in [0.2, 0.25) is 109 Å². The predicted molar refractivity (Wildman–Crippen MR) is 674 cm³/mol. The summed E-state index contributed by atoms with van der Waals surface area (Å²) in [5.74, 6) is 0.608. The van der Waals surface area contributed by atoms with Crippen molar-refractivity contribution in [1.82, 2.24) is 34.9 Å². The van der Waals surface area contributed by atoms with Gasteiger partial charge >= 0.3 is 28.8 Å². The van der Waals surface area contributed by atoms with E-state index < -0.39 is 48.4 Å². The Balaban J connectivity index is 0.000000224. The van der Waals surface area contributed by atoms with Crippen molar-refractivity contribution >= 4 is 201 Å². The second-order valence-electron chi connectivity index (χ2n) is 39.2. The molecule has 0 saturated carbocycles. The number of nitrogens with zero attached hydrogens (tertiary/aromatic N) is 9. The van der Waals surface area contributed by atoms with E-state index in [0.29, 0.717) is 13.4 Å². The number of rotatable bonds is 37. The van der Waals surface area contributed by atoms with Gasteiger partial charge in [-0.1, -0.05) is 392 Å². The number of hydrogen-bond donors (Lipinski definition) is 1. The molecule has 24 heteroatoms. The molecule has 0 saturated heterocycles. The van der Waals surface area contributed by atoms with E-state index in [1.54, 1.807) is 18.3 Å². The Kier molecular flexibility index (Phi) is 49.9. The third-order valence-corrected chi connectivity index (χ3v) is 68.2. The van der Waals surface area contributed by atoms with Gasteiger partial charge in [0.05, 0.1) is 71.2 Å². The maximum atomic E-state index is 8.25. The van der Waals surface area contributed by atoms with Crippen LogP contribution in [0, 0.1) is 53.7 Å². The molecule has 7 aromatic heterocycles. The zero-order valence-electron chi connectivity index (χ0n) is 92.5. The summed E-state index contributed by atoms with van der Waals surface area (Å²) in [5, 5.41) is 17.1. The summed E-state index contributed by atoms with van der Waals surface area (Å²) >= 11 is 16.6. The van der Waals surface area contributed by atoms with Crippen molar-refractivity contribution in [2.75, 3.05) is 9.80 Å². The fourth-order valence-corrected chi connectivity index (χ4v) is 44.2. The van der Waals surface area contributed by atoms with Gasteiger partial charge in [-0.25, -0.2) is 9.97 Å². The Labute approximate surface area is 958 Å². The number of hydrogen-bond acceptors (Lipinski definition) is 11. The summed E-state index contributed by atoms with van der Waals surface area (Å²) in [5.41, 5.74) is 24.5. The fourth-order valence-electron chi connectivity index (χ4n) is 21.7. The van der Waals surface area contributed by atoms with Crippen molar-refractivity contribution in [2.45, 2.75) is 275 Å². The number of pyridine rings is 7. The van der Waals surface area contributed by atoms with Gasteiger partial charge in [0.25, 0.3) is 0 Å². The average molecular weight is 2590 g/mol. The normalized spacial score (nSPS) is 11.4. The quantitative estimate of drug-likeness (QED) is 0.0227. The maximum Gasteiger partial charge on any atom is 2.00 e. The van der Waals surface area contributed by atoms with E-state index >= 15 is 0 Å². The topological polar surface area (TPSA) is 126 Å². The molecule has 15 aromatic rings. The summed E-state index contributed by atoms with van der Waals surface area (Å²) in [4.78, 5) is 37.9. The van der Waals surface area contributed by atoms with Crippen LogP contribution in [0.4, 0.5) is 34.1 Å². The van der Waals surface area contributed by atoms with Gasteiger partial charge in [0.2, 0.25) is 0 Å². The van der Waals surface area contributed by atoms with Crippen LogP contribution in [0.3, 0.4) is 0 Å². The van der Waals surface area contributed by atoms with E-state index in [9.17, 15) is 0 Å². The number of halogens is 5. The molecule has 0 fully saturated rings. The summed E-state index contributed by atoms with van der Waals surface area (Å²) < 4.78 is 9.51. The molecular weight excluding hydrogens is 2430 g/mol. The minimum Gasteiger partial charge on any atom is -0.537 e. The third-order valence-electron chi connectivity index (χ3n) is 32.3. The zero-order chi connectivity index (χ0) is 108. The van der Waals surface area contributed by atoms with Crippen molar-refractivity contribution in [2.24, 2.45) is 0 Å². The van der Waals surface area contributed by atoms with E-state index in [4.69, 9.17) is 29.9 Å². The minimum atomic E-state index is -1.49. The van der Waals surface area contributed by atoms with Crippen LogP contribution in [0.15, 0.2) is 309 Å². The molecule has 11 nitrogen and oxygen atoms in total. The molecule has 0 aliphatic heterocycles. The van der Waals surface area contributed by atoms with Crippen molar-refractivity contribution in [3.8, 4) is 62.0 Å². The molecule has 1 N–H and O–H groups in total. The predicted octanol–water partition coefficient (Wildman–Crippen LogP) is 35.6. The molecule has 0 aliphatic carbocycles. The number of aryl methyl sites for hydroxylation is 6. The molecule has 0 bridgehead atoms. The van der Waals surface area contributed by atoms with Gasteiger partial charge in [0.1, 0.15) is 15.0 Å². The molecule has 0 aliphatic rings. The van der Waals surface area contributed by atoms with E-state index in [0.717, 1.165) is 102 Å². The Morgan fingerprint density at radius 3 is 0.805 bits per heavy atom. The van der Waals surface area contributed by atoms with Crippen molar-refractivity contribution in [1.29, 1.82) is 0 Å². The zero-order valence-corrected chi connectivity index (χ0v) is 109. The number of anilines is 6. The van der Waals surface area contributed by atoms with Gasteiger partial charge in [-0.05, 0) is 256 Å². The molecule has 15 rings (SSSR count). The fraction of sp³-hybridized carbons (Fsp3) is 0.336. The first kappa shape index (κ1) is 124. The number of benzene rings is 8. The molecule has 0 unspecified atom stereocenters. The van der Waals surface area contributed by atoms with Crippen LogP contribution in [0.1, 0.15) is 158 Å². The van der Waals surface area contributed by atoms with Gasteiger partial charge in [-0.2, -0.15) is 0 Å². The van der Waals surface area contributed by atoms with Crippen LogP contribution >= 0.6 is 79.6 Å². The molecule has 149 heavy (non-hydrogen) atoms. The molecule has 0 atom stereocenters. The second kappa shape index (κ2) is 59.9. The van der Waals surface area contributed by atoms with Gasteiger partial charge < -0.3 is 29.4 Å². The van der Waals surface area contributed by atoms with Crippen molar-refractivity contribution < 1.29 is 30.7 Å². The van der Waals surface area contributed by atoms with E-state index in [-0.39, 0.29) is 21.1 Å². The Bertz CT molecular complexity index is 6060. The van der Waals surface area contributed by atoms with Crippen molar-refractivity contribution in [3.63, 3.8) is 0 Å². The monoisotopic (exact) mass is 2580 g/mol. The molecule has 0 amide bonds. The molecule has 8 aromatic carbocycles. The van der Waals surface area contributed by atoms with Gasteiger partial charge in [-0.15, -0.1) is 59.7 Å².